The Kier molecular flexibility index (Phi) is 6.40. The number of piperazine rings is 1. The van der Waals surface area contributed by atoms with Crippen molar-refractivity contribution < 1.29 is 9.53 Å². The van der Waals surface area contributed by atoms with Gasteiger partial charge in [-0.1, -0.05) is 29.8 Å². The van der Waals surface area contributed by atoms with Crippen molar-refractivity contribution in [2.24, 2.45) is 0 Å². The molecule has 5 heteroatoms. The highest BCUT2D eigenvalue weighted by molar-refractivity contribution is 6.30. The summed E-state index contributed by atoms with van der Waals surface area (Å²) in [7, 11) is 0. The van der Waals surface area contributed by atoms with Gasteiger partial charge in [-0.15, -0.1) is 0 Å². The summed E-state index contributed by atoms with van der Waals surface area (Å²) in [4.78, 5) is 16.6. The average Bonchev–Trinajstić information content (AvgIpc) is 2.66. The Morgan fingerprint density at radius 3 is 2.52 bits per heavy atom. The fourth-order valence-electron chi connectivity index (χ4n) is 3.09. The molecule has 0 N–H and O–H groups in total. The van der Waals surface area contributed by atoms with Crippen molar-refractivity contribution in [3.05, 3.63) is 65.2 Å². The van der Waals surface area contributed by atoms with Gasteiger partial charge in [0.1, 0.15) is 5.75 Å². The molecule has 27 heavy (non-hydrogen) atoms. The third-order valence-corrected chi connectivity index (χ3v) is 4.65. The average molecular weight is 385 g/mol. The number of rotatable bonds is 5. The van der Waals surface area contributed by atoms with Crippen molar-refractivity contribution in [3.63, 3.8) is 0 Å². The molecule has 2 aromatic carbocycles. The number of anilines is 1. The third kappa shape index (κ3) is 5.51. The molecule has 3 rings (SSSR count). The zero-order valence-corrected chi connectivity index (χ0v) is 16.5. The summed E-state index contributed by atoms with van der Waals surface area (Å²) in [5.74, 6) is 0.852. The largest absolute Gasteiger partial charge is 0.491 e. The zero-order chi connectivity index (χ0) is 19.2. The normalized spacial score (nSPS) is 14.8. The molecule has 1 aliphatic rings. The van der Waals surface area contributed by atoms with Gasteiger partial charge >= 0.3 is 0 Å². The molecule has 2 aromatic rings. The zero-order valence-electron chi connectivity index (χ0n) is 15.8. The van der Waals surface area contributed by atoms with Crippen molar-refractivity contribution in [1.29, 1.82) is 0 Å². The standard InChI is InChI=1S/C22H25ClN2O2/c1-17(2)27-21-8-3-5-18(15-21)9-10-22(26)25-13-11-24(12-14-25)20-7-4-6-19(23)16-20/h3-10,15-17H,11-14H2,1-2H3/b10-9+. The summed E-state index contributed by atoms with van der Waals surface area (Å²) >= 11 is 6.07. The molecule has 0 bridgehead atoms. The molecule has 142 valence electrons. The first-order valence-corrected chi connectivity index (χ1v) is 9.63. The maximum absolute atomic E-state index is 12.5. The van der Waals surface area contributed by atoms with E-state index in [9.17, 15) is 4.79 Å². The van der Waals surface area contributed by atoms with E-state index in [1.54, 1.807) is 6.08 Å². The van der Waals surface area contributed by atoms with Crippen LogP contribution in [0.4, 0.5) is 5.69 Å². The number of carbonyl (C=O) groups excluding carboxylic acids is 1. The molecule has 4 nitrogen and oxygen atoms in total. The van der Waals surface area contributed by atoms with Gasteiger partial charge in [-0.25, -0.2) is 0 Å². The smallest absolute Gasteiger partial charge is 0.246 e. The lowest BCUT2D eigenvalue weighted by Crippen LogP contribution is -2.48. The van der Waals surface area contributed by atoms with Crippen molar-refractivity contribution in [2.45, 2.75) is 20.0 Å². The van der Waals surface area contributed by atoms with Crippen molar-refractivity contribution in [2.75, 3.05) is 31.1 Å². The SMILES string of the molecule is CC(C)Oc1cccc(/C=C/C(=O)N2CCN(c3cccc(Cl)c3)CC2)c1. The van der Waals surface area contributed by atoms with Crippen molar-refractivity contribution in [3.8, 4) is 5.75 Å². The molecule has 1 saturated heterocycles. The maximum atomic E-state index is 12.5. The number of benzene rings is 2. The first kappa shape index (κ1) is 19.3. The second-order valence-corrected chi connectivity index (χ2v) is 7.30. The summed E-state index contributed by atoms with van der Waals surface area (Å²) in [6, 6.07) is 15.6. The minimum absolute atomic E-state index is 0.0379. The van der Waals surface area contributed by atoms with Crippen LogP contribution in [0.15, 0.2) is 54.6 Å². The first-order chi connectivity index (χ1) is 13.0. The van der Waals surface area contributed by atoms with Gasteiger partial charge in [0.25, 0.3) is 0 Å². The van der Waals surface area contributed by atoms with Crippen LogP contribution in [0.5, 0.6) is 5.75 Å². The second kappa shape index (κ2) is 8.96. The van der Waals surface area contributed by atoms with Crippen LogP contribution in [-0.2, 0) is 4.79 Å². The Labute approximate surface area is 166 Å². The van der Waals surface area contributed by atoms with E-state index in [1.165, 1.54) is 0 Å². The van der Waals surface area contributed by atoms with E-state index >= 15 is 0 Å². The van der Waals surface area contributed by atoms with E-state index in [2.05, 4.69) is 11.0 Å². The fourth-order valence-corrected chi connectivity index (χ4v) is 3.28. The minimum atomic E-state index is 0.0379. The van der Waals surface area contributed by atoms with E-state index < -0.39 is 0 Å². The number of hydrogen-bond acceptors (Lipinski definition) is 3. The van der Waals surface area contributed by atoms with Crippen LogP contribution in [0.1, 0.15) is 19.4 Å². The minimum Gasteiger partial charge on any atom is -0.491 e. The van der Waals surface area contributed by atoms with Crippen LogP contribution in [0, 0.1) is 0 Å². The molecular weight excluding hydrogens is 360 g/mol. The quantitative estimate of drug-likeness (QED) is 0.712. The van der Waals surface area contributed by atoms with Gasteiger partial charge in [0, 0.05) is 43.0 Å². The monoisotopic (exact) mass is 384 g/mol. The van der Waals surface area contributed by atoms with Crippen LogP contribution >= 0.6 is 11.6 Å². The number of nitrogens with zero attached hydrogens (tertiary/aromatic N) is 2. The van der Waals surface area contributed by atoms with E-state index in [-0.39, 0.29) is 12.0 Å². The molecule has 0 aliphatic carbocycles. The summed E-state index contributed by atoms with van der Waals surface area (Å²) < 4.78 is 5.70. The highest BCUT2D eigenvalue weighted by atomic mass is 35.5. The maximum Gasteiger partial charge on any atom is 0.246 e. The van der Waals surface area contributed by atoms with E-state index in [0.717, 1.165) is 35.1 Å². The Bertz CT molecular complexity index is 811. The molecule has 1 heterocycles. The van der Waals surface area contributed by atoms with Gasteiger partial charge < -0.3 is 14.5 Å². The lowest BCUT2D eigenvalue weighted by atomic mass is 10.2. The van der Waals surface area contributed by atoms with E-state index in [0.29, 0.717) is 13.1 Å². The van der Waals surface area contributed by atoms with Crippen molar-refractivity contribution in [1.82, 2.24) is 4.90 Å². The molecule has 0 spiro atoms. The summed E-state index contributed by atoms with van der Waals surface area (Å²) in [5, 5.41) is 0.734. The van der Waals surface area contributed by atoms with Gasteiger partial charge in [-0.2, -0.15) is 0 Å². The molecule has 1 fully saturated rings. The first-order valence-electron chi connectivity index (χ1n) is 9.25. The predicted molar refractivity (Wildman–Crippen MR) is 111 cm³/mol. The number of amides is 1. The third-order valence-electron chi connectivity index (χ3n) is 4.41. The summed E-state index contributed by atoms with van der Waals surface area (Å²) in [5.41, 5.74) is 2.06. The fraction of sp³-hybridized carbons (Fsp3) is 0.318. The molecular formula is C22H25ClN2O2. The van der Waals surface area contributed by atoms with Crippen molar-refractivity contribution >= 4 is 29.3 Å². The Morgan fingerprint density at radius 2 is 1.81 bits per heavy atom. The molecule has 1 aliphatic heterocycles. The van der Waals surface area contributed by atoms with Crippen LogP contribution in [0.2, 0.25) is 5.02 Å². The number of ether oxygens (including phenoxy) is 1. The van der Waals surface area contributed by atoms with E-state index in [4.69, 9.17) is 16.3 Å². The second-order valence-electron chi connectivity index (χ2n) is 6.86. The van der Waals surface area contributed by atoms with Gasteiger partial charge in [-0.05, 0) is 55.8 Å². The van der Waals surface area contributed by atoms with Gasteiger partial charge in [0.05, 0.1) is 6.10 Å². The van der Waals surface area contributed by atoms with Gasteiger partial charge in [0.15, 0.2) is 0 Å². The Morgan fingerprint density at radius 1 is 1.07 bits per heavy atom. The summed E-state index contributed by atoms with van der Waals surface area (Å²) in [6.07, 6.45) is 3.62. The molecule has 0 saturated carbocycles. The van der Waals surface area contributed by atoms with Crippen LogP contribution < -0.4 is 9.64 Å². The number of halogens is 1. The van der Waals surface area contributed by atoms with Crippen LogP contribution in [-0.4, -0.2) is 43.1 Å². The lowest BCUT2D eigenvalue weighted by molar-refractivity contribution is -0.126. The predicted octanol–water partition coefficient (Wildman–Crippen LogP) is 4.49. The highest BCUT2D eigenvalue weighted by Crippen LogP contribution is 2.21. The van der Waals surface area contributed by atoms with Crippen LogP contribution in [0.3, 0.4) is 0 Å². The van der Waals surface area contributed by atoms with Crippen LogP contribution in [0.25, 0.3) is 6.08 Å². The van der Waals surface area contributed by atoms with E-state index in [1.807, 2.05) is 67.3 Å². The lowest BCUT2D eigenvalue weighted by Gasteiger charge is -2.35. The molecule has 0 aromatic heterocycles. The molecule has 0 radical (unpaired) electrons. The Hall–Kier alpha value is -2.46. The molecule has 0 atom stereocenters. The Balaban J connectivity index is 1.56. The number of hydrogen-bond donors (Lipinski definition) is 0. The number of carbonyl (C=O) groups is 1. The molecule has 1 amide bonds. The molecule has 0 unspecified atom stereocenters. The topological polar surface area (TPSA) is 32.8 Å². The van der Waals surface area contributed by atoms with Gasteiger partial charge in [0.2, 0.25) is 5.91 Å². The van der Waals surface area contributed by atoms with Gasteiger partial charge in [-0.3, -0.25) is 4.79 Å². The summed E-state index contributed by atoms with van der Waals surface area (Å²) in [6.45, 7) is 7.00. The highest BCUT2D eigenvalue weighted by Gasteiger charge is 2.19.